The van der Waals surface area contributed by atoms with Gasteiger partial charge in [-0.15, -0.1) is 0 Å². The number of fused-ring (bicyclic) bond motifs is 7. The van der Waals surface area contributed by atoms with Crippen LogP contribution in [0.4, 0.5) is 17.1 Å². The zero-order valence-corrected chi connectivity index (χ0v) is 30.6. The monoisotopic (exact) mass is 713 g/mol. The molecule has 1 heterocycles. The lowest BCUT2D eigenvalue weighted by molar-refractivity contribution is 0.670. The molecular weight excluding hydrogens is 679 g/mol. The van der Waals surface area contributed by atoms with Crippen molar-refractivity contribution in [1.82, 2.24) is 0 Å². The maximum absolute atomic E-state index is 6.43. The summed E-state index contributed by atoms with van der Waals surface area (Å²) >= 11 is 0. The maximum atomic E-state index is 6.43. The minimum absolute atomic E-state index is 0.907. The molecule has 2 heteroatoms. The number of nitrogens with zero attached hydrogens (tertiary/aromatic N) is 1. The molecule has 0 fully saturated rings. The molecule has 0 aliphatic heterocycles. The van der Waals surface area contributed by atoms with Crippen molar-refractivity contribution in [2.75, 3.05) is 4.90 Å². The summed E-state index contributed by atoms with van der Waals surface area (Å²) in [5.74, 6) is 0. The van der Waals surface area contributed by atoms with Crippen LogP contribution in [0, 0.1) is 0 Å². The molecule has 11 rings (SSSR count). The molecule has 0 N–H and O–H groups in total. The van der Waals surface area contributed by atoms with Crippen LogP contribution in [0.5, 0.6) is 0 Å². The van der Waals surface area contributed by atoms with E-state index >= 15 is 0 Å². The highest BCUT2D eigenvalue weighted by Gasteiger charge is 2.19. The highest BCUT2D eigenvalue weighted by Crippen LogP contribution is 2.44. The lowest BCUT2D eigenvalue weighted by atomic mass is 9.93. The summed E-state index contributed by atoms with van der Waals surface area (Å²) < 4.78 is 6.43. The van der Waals surface area contributed by atoms with Crippen molar-refractivity contribution in [3.8, 4) is 33.4 Å². The first kappa shape index (κ1) is 32.0. The van der Waals surface area contributed by atoms with Gasteiger partial charge < -0.3 is 9.32 Å². The summed E-state index contributed by atoms with van der Waals surface area (Å²) in [5, 5.41) is 9.74. The summed E-state index contributed by atoms with van der Waals surface area (Å²) in [6.45, 7) is 0. The third-order valence-electron chi connectivity index (χ3n) is 11.3. The fraction of sp³-hybridized carbons (Fsp3) is 0. The fourth-order valence-electron chi connectivity index (χ4n) is 8.54. The molecule has 0 saturated carbocycles. The number of hydrogen-bond acceptors (Lipinski definition) is 2. The lowest BCUT2D eigenvalue weighted by Gasteiger charge is -2.28. The number of rotatable bonds is 6. The van der Waals surface area contributed by atoms with Crippen molar-refractivity contribution < 1.29 is 4.42 Å². The molecule has 0 aliphatic carbocycles. The van der Waals surface area contributed by atoms with Crippen molar-refractivity contribution in [3.63, 3.8) is 0 Å². The molecular formula is C54H35NO. The average Bonchev–Trinajstić information content (AvgIpc) is 3.66. The van der Waals surface area contributed by atoms with Gasteiger partial charge in [-0.25, -0.2) is 0 Å². The topological polar surface area (TPSA) is 16.4 Å². The molecule has 1 aromatic heterocycles. The van der Waals surface area contributed by atoms with E-state index in [2.05, 4.69) is 205 Å². The second kappa shape index (κ2) is 13.2. The van der Waals surface area contributed by atoms with E-state index in [4.69, 9.17) is 4.42 Å². The van der Waals surface area contributed by atoms with Crippen LogP contribution in [0.25, 0.3) is 87.6 Å². The van der Waals surface area contributed by atoms with Gasteiger partial charge in [-0.1, -0.05) is 170 Å². The molecule has 262 valence electrons. The van der Waals surface area contributed by atoms with Crippen LogP contribution in [-0.2, 0) is 0 Å². The maximum Gasteiger partial charge on any atom is 0.143 e. The second-order valence-corrected chi connectivity index (χ2v) is 14.5. The molecule has 11 aromatic rings. The summed E-state index contributed by atoms with van der Waals surface area (Å²) in [7, 11) is 0. The summed E-state index contributed by atoms with van der Waals surface area (Å²) in [5.41, 5.74) is 12.1. The predicted octanol–water partition coefficient (Wildman–Crippen LogP) is 15.5. The number of benzene rings is 10. The van der Waals surface area contributed by atoms with E-state index in [0.717, 1.165) is 50.1 Å². The van der Waals surface area contributed by atoms with Gasteiger partial charge in [0.05, 0.1) is 5.69 Å². The van der Waals surface area contributed by atoms with Crippen molar-refractivity contribution in [3.05, 3.63) is 212 Å². The first-order chi connectivity index (χ1) is 27.8. The Morgan fingerprint density at radius 1 is 0.304 bits per heavy atom. The van der Waals surface area contributed by atoms with Crippen LogP contribution in [0.3, 0.4) is 0 Å². The molecule has 10 aromatic carbocycles. The van der Waals surface area contributed by atoms with Crippen molar-refractivity contribution in [2.24, 2.45) is 0 Å². The van der Waals surface area contributed by atoms with Crippen molar-refractivity contribution in [2.45, 2.75) is 0 Å². The van der Waals surface area contributed by atoms with Crippen molar-refractivity contribution >= 4 is 71.3 Å². The Kier molecular flexibility index (Phi) is 7.53. The van der Waals surface area contributed by atoms with Crippen LogP contribution in [0.15, 0.2) is 217 Å². The van der Waals surface area contributed by atoms with Gasteiger partial charge in [0.15, 0.2) is 0 Å². The Bertz CT molecular complexity index is 3230. The highest BCUT2D eigenvalue weighted by atomic mass is 16.3. The molecule has 0 atom stereocenters. The lowest BCUT2D eigenvalue weighted by Crippen LogP contribution is -2.10. The molecule has 0 bridgehead atoms. The summed E-state index contributed by atoms with van der Waals surface area (Å²) in [6, 6.07) is 76.5. The van der Waals surface area contributed by atoms with Gasteiger partial charge >= 0.3 is 0 Å². The normalized spacial score (nSPS) is 11.6. The van der Waals surface area contributed by atoms with E-state index in [0.29, 0.717) is 0 Å². The zero-order valence-electron chi connectivity index (χ0n) is 30.6. The largest absolute Gasteiger partial charge is 0.455 e. The van der Waals surface area contributed by atoms with Crippen molar-refractivity contribution in [1.29, 1.82) is 0 Å². The molecule has 0 amide bonds. The van der Waals surface area contributed by atoms with E-state index in [9.17, 15) is 0 Å². The number of para-hydroxylation sites is 2. The average molecular weight is 714 g/mol. The number of hydrogen-bond donors (Lipinski definition) is 0. The third kappa shape index (κ3) is 5.34. The zero-order chi connectivity index (χ0) is 37.0. The van der Waals surface area contributed by atoms with Gasteiger partial charge in [-0.3, -0.25) is 0 Å². The van der Waals surface area contributed by atoms with E-state index in [1.54, 1.807) is 0 Å². The van der Waals surface area contributed by atoms with Gasteiger partial charge in [0.25, 0.3) is 0 Å². The van der Waals surface area contributed by atoms with Crippen LogP contribution in [0.1, 0.15) is 0 Å². The minimum Gasteiger partial charge on any atom is -0.455 e. The van der Waals surface area contributed by atoms with Crippen LogP contribution < -0.4 is 4.90 Å². The number of furan rings is 1. The first-order valence-corrected chi connectivity index (χ1v) is 19.2. The van der Waals surface area contributed by atoms with Crippen LogP contribution in [-0.4, -0.2) is 0 Å². The predicted molar refractivity (Wildman–Crippen MR) is 237 cm³/mol. The van der Waals surface area contributed by atoms with Gasteiger partial charge in [-0.05, 0) is 97.2 Å². The Balaban J connectivity index is 1.05. The summed E-state index contributed by atoms with van der Waals surface area (Å²) in [6.07, 6.45) is 0. The highest BCUT2D eigenvalue weighted by molar-refractivity contribution is 6.12. The Morgan fingerprint density at radius 3 is 1.70 bits per heavy atom. The SMILES string of the molecule is c1ccc(-c2ccc(N(c3ccc(-c4cccc5c4oc4ccccc45)cc3)c3ccc(-c4ccc5c(ccc6ccccc65)c4)c4ccccc34)cc2)cc1. The van der Waals surface area contributed by atoms with E-state index in [-0.39, 0.29) is 0 Å². The molecule has 0 unspecified atom stereocenters. The molecule has 56 heavy (non-hydrogen) atoms. The van der Waals surface area contributed by atoms with Gasteiger partial charge in [0.2, 0.25) is 0 Å². The number of anilines is 3. The van der Waals surface area contributed by atoms with Gasteiger partial charge in [0.1, 0.15) is 11.2 Å². The Labute approximate surface area is 325 Å². The molecule has 0 spiro atoms. The summed E-state index contributed by atoms with van der Waals surface area (Å²) in [4.78, 5) is 2.39. The second-order valence-electron chi connectivity index (χ2n) is 14.5. The quantitative estimate of drug-likeness (QED) is 0.160. The van der Waals surface area contributed by atoms with E-state index < -0.39 is 0 Å². The fourth-order valence-corrected chi connectivity index (χ4v) is 8.54. The Hall–Kier alpha value is -7.42. The van der Waals surface area contributed by atoms with Crippen LogP contribution in [0.2, 0.25) is 0 Å². The third-order valence-corrected chi connectivity index (χ3v) is 11.3. The van der Waals surface area contributed by atoms with Gasteiger partial charge in [-0.2, -0.15) is 0 Å². The van der Waals surface area contributed by atoms with E-state index in [1.807, 2.05) is 12.1 Å². The first-order valence-electron chi connectivity index (χ1n) is 19.2. The standard InChI is InChI=1S/C54H35NO/c1-2-11-36(12-3-1)37-23-28-42(29-24-37)55(43-30-25-39(26-31-43)47-18-10-19-51-50-17-8-9-20-53(50)56-54(47)51)52-34-33-46(48-15-6-7-16-49(48)52)41-27-32-45-40(35-41)22-21-38-13-4-5-14-44(38)45/h1-35H. The molecule has 2 nitrogen and oxygen atoms in total. The molecule has 0 radical (unpaired) electrons. The Morgan fingerprint density at radius 2 is 0.893 bits per heavy atom. The molecule has 0 aliphatic rings. The smallest absolute Gasteiger partial charge is 0.143 e. The van der Waals surface area contributed by atoms with Crippen LogP contribution >= 0.6 is 0 Å². The molecule has 0 saturated heterocycles. The van der Waals surface area contributed by atoms with E-state index in [1.165, 1.54) is 54.6 Å². The van der Waals surface area contributed by atoms with Gasteiger partial charge in [0, 0.05) is 33.1 Å². The minimum atomic E-state index is 0.907.